The summed E-state index contributed by atoms with van der Waals surface area (Å²) in [4.78, 5) is 13.0. The van der Waals surface area contributed by atoms with Gasteiger partial charge in [0.15, 0.2) is 5.82 Å². The second-order valence-corrected chi connectivity index (χ2v) is 8.54. The van der Waals surface area contributed by atoms with Crippen LogP contribution in [0.4, 0.5) is 10.3 Å². The Kier molecular flexibility index (Phi) is 6.11. The highest BCUT2D eigenvalue weighted by molar-refractivity contribution is 6.33. The number of hydrogen-bond donors (Lipinski definition) is 4. The van der Waals surface area contributed by atoms with Crippen LogP contribution in [-0.4, -0.2) is 55.0 Å². The van der Waals surface area contributed by atoms with Gasteiger partial charge in [-0.15, -0.1) is 0 Å². The molecule has 4 N–H and O–H groups in total. The van der Waals surface area contributed by atoms with Crippen molar-refractivity contribution < 1.29 is 14.6 Å². The third-order valence-corrected chi connectivity index (χ3v) is 5.72. The van der Waals surface area contributed by atoms with E-state index in [2.05, 4.69) is 25.6 Å². The number of anilines is 1. The van der Waals surface area contributed by atoms with Gasteiger partial charge in [0.05, 0.1) is 34.6 Å². The summed E-state index contributed by atoms with van der Waals surface area (Å²) < 4.78 is 16.8. The molecule has 1 aliphatic heterocycles. The van der Waals surface area contributed by atoms with Crippen molar-refractivity contribution >= 4 is 28.6 Å². The van der Waals surface area contributed by atoms with Crippen molar-refractivity contribution in [2.75, 3.05) is 18.4 Å². The van der Waals surface area contributed by atoms with Gasteiger partial charge in [-0.2, -0.15) is 0 Å². The molecule has 0 amide bonds. The summed E-state index contributed by atoms with van der Waals surface area (Å²) in [6.07, 6.45) is 0.777. The van der Waals surface area contributed by atoms with E-state index in [0.717, 1.165) is 13.0 Å². The third-order valence-electron chi connectivity index (χ3n) is 5.45. The molecule has 8 nitrogen and oxygen atoms in total. The Morgan fingerprint density at radius 3 is 2.74 bits per heavy atom. The Morgan fingerprint density at radius 2 is 2.06 bits per heavy atom. The van der Waals surface area contributed by atoms with E-state index in [1.54, 1.807) is 13.0 Å². The van der Waals surface area contributed by atoms with E-state index in [4.69, 9.17) is 11.6 Å². The molecule has 3 heterocycles. The monoisotopic (exact) mass is 448 g/mol. The van der Waals surface area contributed by atoms with Crippen LogP contribution in [0.1, 0.15) is 45.2 Å². The first kappa shape index (κ1) is 21.9. The van der Waals surface area contributed by atoms with E-state index in [-0.39, 0.29) is 22.6 Å². The zero-order valence-electron chi connectivity index (χ0n) is 17.6. The number of imidazole rings is 1. The molecule has 0 spiro atoms. The molecule has 3 atom stereocenters. The summed E-state index contributed by atoms with van der Waals surface area (Å²) >= 11 is 6.37. The molecule has 1 fully saturated rings. The minimum Gasteiger partial charge on any atom is -0.390 e. The molecule has 0 saturated carbocycles. The van der Waals surface area contributed by atoms with Crippen molar-refractivity contribution in [1.29, 1.82) is 0 Å². The molecule has 4 rings (SSSR count). The number of fused-ring (bicyclic) bond motifs is 1. The number of piperidine rings is 1. The summed E-state index contributed by atoms with van der Waals surface area (Å²) in [7, 11) is 0. The molecule has 166 valence electrons. The number of benzene rings is 1. The fraction of sp³-hybridized carbons (Fsp3) is 0.476. The second-order valence-electron chi connectivity index (χ2n) is 8.14. The SMILES string of the molecule is CC(O)c1nc2c(F)cc(-c3nc(N[C@@H]4CCNC[C@H]4O)ncc3Cl)cc2n1C(C)C. The predicted molar refractivity (Wildman–Crippen MR) is 118 cm³/mol. The maximum Gasteiger partial charge on any atom is 0.223 e. The summed E-state index contributed by atoms with van der Waals surface area (Å²) in [6.45, 7) is 6.77. The van der Waals surface area contributed by atoms with Crippen molar-refractivity contribution in [3.63, 3.8) is 0 Å². The molecule has 10 heteroatoms. The van der Waals surface area contributed by atoms with Crippen LogP contribution in [0.25, 0.3) is 22.3 Å². The van der Waals surface area contributed by atoms with E-state index < -0.39 is 18.0 Å². The number of hydrogen-bond acceptors (Lipinski definition) is 7. The van der Waals surface area contributed by atoms with Gasteiger partial charge in [0.2, 0.25) is 5.95 Å². The van der Waals surface area contributed by atoms with Crippen LogP contribution in [0.3, 0.4) is 0 Å². The minimum absolute atomic E-state index is 0.0382. The summed E-state index contributed by atoms with van der Waals surface area (Å²) in [5.74, 6) is 0.191. The highest BCUT2D eigenvalue weighted by Crippen LogP contribution is 2.33. The molecule has 31 heavy (non-hydrogen) atoms. The number of halogens is 2. The van der Waals surface area contributed by atoms with Gasteiger partial charge in [0.1, 0.15) is 17.4 Å². The molecule has 1 aliphatic rings. The summed E-state index contributed by atoms with van der Waals surface area (Å²) in [5, 5.41) is 26.8. The van der Waals surface area contributed by atoms with Crippen molar-refractivity contribution in [2.24, 2.45) is 0 Å². The van der Waals surface area contributed by atoms with E-state index in [1.807, 2.05) is 18.4 Å². The average molecular weight is 449 g/mol. The van der Waals surface area contributed by atoms with Crippen LogP contribution < -0.4 is 10.6 Å². The molecule has 0 aliphatic carbocycles. The van der Waals surface area contributed by atoms with E-state index >= 15 is 4.39 Å². The lowest BCUT2D eigenvalue weighted by molar-refractivity contribution is 0.128. The Morgan fingerprint density at radius 1 is 1.29 bits per heavy atom. The standard InChI is InChI=1S/C21H26ClFN6O2/c1-10(2)29-16-7-12(6-14(23)19(16)27-20(29)11(3)30)18-13(22)8-25-21(28-18)26-15-4-5-24-9-17(15)31/h6-8,10-11,15,17,24,30-31H,4-5,9H2,1-3H3,(H,25,26,28)/t11?,15-,17-/m1/s1. The Labute approximate surface area is 184 Å². The van der Waals surface area contributed by atoms with Gasteiger partial charge in [-0.1, -0.05) is 11.6 Å². The van der Waals surface area contributed by atoms with E-state index in [9.17, 15) is 10.2 Å². The van der Waals surface area contributed by atoms with Gasteiger partial charge in [-0.3, -0.25) is 0 Å². The maximum atomic E-state index is 15.0. The molecule has 1 saturated heterocycles. The van der Waals surface area contributed by atoms with Gasteiger partial charge < -0.3 is 25.4 Å². The number of aliphatic hydroxyl groups is 2. The highest BCUT2D eigenvalue weighted by Gasteiger charge is 2.24. The van der Waals surface area contributed by atoms with Crippen LogP contribution in [0.2, 0.25) is 5.02 Å². The zero-order chi connectivity index (χ0) is 22.3. The Bertz CT molecular complexity index is 1100. The molecular weight excluding hydrogens is 423 g/mol. The first-order chi connectivity index (χ1) is 14.8. The van der Waals surface area contributed by atoms with Crippen molar-refractivity contribution in [3.8, 4) is 11.3 Å². The van der Waals surface area contributed by atoms with Gasteiger partial charge >= 0.3 is 0 Å². The number of aromatic nitrogens is 4. The molecule has 1 unspecified atom stereocenters. The Balaban J connectivity index is 1.78. The van der Waals surface area contributed by atoms with Gasteiger partial charge in [-0.05, 0) is 45.9 Å². The van der Waals surface area contributed by atoms with Crippen LogP contribution in [0.15, 0.2) is 18.3 Å². The third kappa shape index (κ3) is 4.23. The quantitative estimate of drug-likeness (QED) is 0.475. The Hall–Kier alpha value is -2.33. The number of β-amino-alcohol motifs (C(OH)–C–C–N with tert-alkyl or cyclic N) is 1. The molecular formula is C21H26ClFN6O2. The molecule has 3 aromatic rings. The van der Waals surface area contributed by atoms with E-state index in [0.29, 0.717) is 35.1 Å². The number of aliphatic hydroxyl groups excluding tert-OH is 2. The van der Waals surface area contributed by atoms with Crippen molar-refractivity contribution in [2.45, 2.75) is 51.5 Å². The predicted octanol–water partition coefficient (Wildman–Crippen LogP) is 3.05. The number of nitrogens with zero attached hydrogens (tertiary/aromatic N) is 4. The van der Waals surface area contributed by atoms with Gasteiger partial charge in [0, 0.05) is 18.2 Å². The topological polar surface area (TPSA) is 108 Å². The molecule has 1 aromatic carbocycles. The van der Waals surface area contributed by atoms with Gasteiger partial charge in [-0.25, -0.2) is 19.3 Å². The molecule has 0 radical (unpaired) electrons. The number of nitrogens with one attached hydrogen (secondary N) is 2. The lowest BCUT2D eigenvalue weighted by atomic mass is 10.0. The minimum atomic E-state index is -0.840. The van der Waals surface area contributed by atoms with Crippen molar-refractivity contribution in [1.82, 2.24) is 24.8 Å². The normalized spacial score (nSPS) is 20.4. The van der Waals surface area contributed by atoms with Crippen LogP contribution in [-0.2, 0) is 0 Å². The fourth-order valence-electron chi connectivity index (χ4n) is 3.96. The summed E-state index contributed by atoms with van der Waals surface area (Å²) in [6, 6.07) is 2.88. The lowest BCUT2D eigenvalue weighted by Crippen LogP contribution is -2.47. The number of rotatable bonds is 5. The smallest absolute Gasteiger partial charge is 0.223 e. The molecule has 0 bridgehead atoms. The zero-order valence-corrected chi connectivity index (χ0v) is 18.4. The van der Waals surface area contributed by atoms with Crippen molar-refractivity contribution in [3.05, 3.63) is 35.0 Å². The summed E-state index contributed by atoms with van der Waals surface area (Å²) in [5.41, 5.74) is 1.59. The largest absolute Gasteiger partial charge is 0.390 e. The van der Waals surface area contributed by atoms with E-state index in [1.165, 1.54) is 12.3 Å². The second kappa shape index (κ2) is 8.66. The first-order valence-electron chi connectivity index (χ1n) is 10.3. The molecule has 2 aromatic heterocycles. The lowest BCUT2D eigenvalue weighted by Gasteiger charge is -2.29. The van der Waals surface area contributed by atoms with Gasteiger partial charge in [0.25, 0.3) is 0 Å². The average Bonchev–Trinajstić information content (AvgIpc) is 3.12. The van der Waals surface area contributed by atoms with Crippen LogP contribution >= 0.6 is 11.6 Å². The fourth-order valence-corrected chi connectivity index (χ4v) is 4.16. The highest BCUT2D eigenvalue weighted by atomic mass is 35.5. The van der Waals surface area contributed by atoms with Crippen LogP contribution in [0.5, 0.6) is 0 Å². The first-order valence-corrected chi connectivity index (χ1v) is 10.7. The van der Waals surface area contributed by atoms with Crippen LogP contribution in [0, 0.1) is 5.82 Å². The maximum absolute atomic E-state index is 15.0.